The van der Waals surface area contributed by atoms with Gasteiger partial charge in [-0.05, 0) is 66.1 Å². The molecule has 0 saturated carbocycles. The van der Waals surface area contributed by atoms with Gasteiger partial charge in [0.15, 0.2) is 5.78 Å². The fourth-order valence-electron chi connectivity index (χ4n) is 7.06. The Balaban J connectivity index is 1.58. The highest BCUT2D eigenvalue weighted by Gasteiger charge is 2.60. The molecule has 2 heterocycles. The number of carbonyl (C=O) groups excluding carboxylic acids is 1. The largest absolute Gasteiger partial charge is 0.480 e. The van der Waals surface area contributed by atoms with Crippen LogP contribution in [0.5, 0.6) is 0 Å². The van der Waals surface area contributed by atoms with Crippen LogP contribution in [-0.4, -0.2) is 41.5 Å². The number of carboxylic acid groups (broad SMARTS) is 1. The molecule has 3 aromatic rings. The standard InChI is InChI=1S/C35H35Cl2F2N3O3/c1-34(2,3)18-29-35(19-40,24-14-11-21(36)17-26(24)38)30(23-6-4-7-25(37)31(23)39)32(41-29)28(43)16-20-9-12-22(13-10-20)42-15-5-8-27(42)33(44)45/h4,6-7,9-14,17,27,29-30,32,41H,5,8,15-16,18H2,1-3H3,(H,44,45)/t27?,29-,30-,32-,35-/m0/s1. The van der Waals surface area contributed by atoms with Crippen LogP contribution in [0.1, 0.15) is 62.6 Å². The summed E-state index contributed by atoms with van der Waals surface area (Å²) in [5.74, 6) is -3.79. The van der Waals surface area contributed by atoms with E-state index in [1.165, 1.54) is 24.3 Å². The molecular weight excluding hydrogens is 619 g/mol. The predicted octanol–water partition coefficient (Wildman–Crippen LogP) is 7.46. The van der Waals surface area contributed by atoms with Crippen molar-refractivity contribution in [1.29, 1.82) is 5.26 Å². The van der Waals surface area contributed by atoms with Gasteiger partial charge in [-0.15, -0.1) is 0 Å². The molecule has 5 atom stereocenters. The van der Waals surface area contributed by atoms with Crippen molar-refractivity contribution in [3.63, 3.8) is 0 Å². The third-order valence-electron chi connectivity index (χ3n) is 8.98. The predicted molar refractivity (Wildman–Crippen MR) is 171 cm³/mol. The number of nitrogens with zero attached hydrogens (tertiary/aromatic N) is 2. The number of anilines is 1. The Morgan fingerprint density at radius 1 is 1.11 bits per heavy atom. The number of carboxylic acids is 1. The Labute approximate surface area is 271 Å². The first-order valence-corrected chi connectivity index (χ1v) is 15.7. The smallest absolute Gasteiger partial charge is 0.326 e. The van der Waals surface area contributed by atoms with Gasteiger partial charge in [0, 0.05) is 41.2 Å². The van der Waals surface area contributed by atoms with Gasteiger partial charge in [0.05, 0.1) is 17.1 Å². The Bertz CT molecular complexity index is 1650. The Morgan fingerprint density at radius 2 is 1.82 bits per heavy atom. The molecule has 0 aromatic heterocycles. The van der Waals surface area contributed by atoms with E-state index in [2.05, 4.69) is 11.4 Å². The molecule has 0 bridgehead atoms. The number of rotatable bonds is 8. The number of ketones is 1. The Kier molecular flexibility index (Phi) is 9.28. The van der Waals surface area contributed by atoms with E-state index >= 15 is 8.78 Å². The van der Waals surface area contributed by atoms with Crippen molar-refractivity contribution in [1.82, 2.24) is 5.32 Å². The minimum Gasteiger partial charge on any atom is -0.480 e. The summed E-state index contributed by atoms with van der Waals surface area (Å²) in [5.41, 5.74) is -0.554. The van der Waals surface area contributed by atoms with Gasteiger partial charge < -0.3 is 15.3 Å². The maximum Gasteiger partial charge on any atom is 0.326 e. The maximum atomic E-state index is 15.9. The van der Waals surface area contributed by atoms with E-state index in [0.29, 0.717) is 24.9 Å². The fraction of sp³-hybridized carbons (Fsp3) is 0.400. The van der Waals surface area contributed by atoms with Crippen molar-refractivity contribution in [2.24, 2.45) is 5.41 Å². The van der Waals surface area contributed by atoms with Crippen LogP contribution in [0.25, 0.3) is 0 Å². The zero-order valence-corrected chi connectivity index (χ0v) is 26.8. The second-order valence-electron chi connectivity index (χ2n) is 13.2. The highest BCUT2D eigenvalue weighted by Crippen LogP contribution is 2.53. The zero-order valence-electron chi connectivity index (χ0n) is 25.3. The lowest BCUT2D eigenvalue weighted by Gasteiger charge is -2.37. The number of benzene rings is 3. The molecule has 0 amide bonds. The first-order valence-electron chi connectivity index (χ1n) is 14.9. The molecule has 10 heteroatoms. The van der Waals surface area contributed by atoms with Gasteiger partial charge in [0.1, 0.15) is 23.1 Å². The number of carbonyl (C=O) groups is 2. The summed E-state index contributed by atoms with van der Waals surface area (Å²) in [4.78, 5) is 27.8. The molecule has 0 spiro atoms. The van der Waals surface area contributed by atoms with Crippen LogP contribution in [0.15, 0.2) is 60.7 Å². The molecule has 1 unspecified atom stereocenters. The number of Topliss-reactive ketones (excluding diaryl/α,β-unsaturated/α-hetero) is 1. The Morgan fingerprint density at radius 3 is 2.44 bits per heavy atom. The quantitative estimate of drug-likeness (QED) is 0.262. The van der Waals surface area contributed by atoms with Gasteiger partial charge in [0.25, 0.3) is 0 Å². The van der Waals surface area contributed by atoms with E-state index in [0.717, 1.165) is 18.2 Å². The van der Waals surface area contributed by atoms with E-state index < -0.39 is 47.1 Å². The van der Waals surface area contributed by atoms with Crippen LogP contribution in [-0.2, 0) is 21.4 Å². The van der Waals surface area contributed by atoms with Crippen molar-refractivity contribution in [2.45, 2.75) is 75.9 Å². The van der Waals surface area contributed by atoms with Crippen molar-refractivity contribution >= 4 is 40.6 Å². The molecule has 2 fully saturated rings. The molecule has 236 valence electrons. The summed E-state index contributed by atoms with van der Waals surface area (Å²) in [7, 11) is 0. The van der Waals surface area contributed by atoms with Gasteiger partial charge >= 0.3 is 5.97 Å². The average molecular weight is 655 g/mol. The Hall–Kier alpha value is -3.51. The molecule has 2 aliphatic rings. The van der Waals surface area contributed by atoms with Gasteiger partial charge in [-0.25, -0.2) is 13.6 Å². The summed E-state index contributed by atoms with van der Waals surface area (Å²) in [6.45, 7) is 6.57. The molecule has 45 heavy (non-hydrogen) atoms. The second kappa shape index (κ2) is 12.7. The van der Waals surface area contributed by atoms with Crippen LogP contribution >= 0.6 is 23.2 Å². The van der Waals surface area contributed by atoms with E-state index in [4.69, 9.17) is 23.2 Å². The first-order chi connectivity index (χ1) is 21.3. The lowest BCUT2D eigenvalue weighted by atomic mass is 9.62. The number of hydrogen-bond donors (Lipinski definition) is 2. The minimum atomic E-state index is -1.70. The van der Waals surface area contributed by atoms with Gasteiger partial charge in [0.2, 0.25) is 0 Å². The van der Waals surface area contributed by atoms with Crippen LogP contribution in [0.3, 0.4) is 0 Å². The van der Waals surface area contributed by atoms with E-state index in [1.54, 1.807) is 30.3 Å². The van der Waals surface area contributed by atoms with Crippen LogP contribution in [0, 0.1) is 28.4 Å². The molecular formula is C35H35Cl2F2N3O3. The van der Waals surface area contributed by atoms with Crippen molar-refractivity contribution in [3.8, 4) is 6.07 Å². The first kappa shape index (κ1) is 32.9. The second-order valence-corrected chi connectivity index (χ2v) is 14.0. The van der Waals surface area contributed by atoms with E-state index in [1.807, 2.05) is 25.7 Å². The van der Waals surface area contributed by atoms with Crippen molar-refractivity contribution in [2.75, 3.05) is 11.4 Å². The number of halogens is 4. The molecule has 3 aromatic carbocycles. The normalized spacial score (nSPS) is 24.9. The molecule has 0 aliphatic carbocycles. The SMILES string of the molecule is CC(C)(C)C[C@@H]1N[C@@H](C(=O)Cc2ccc(N3CCCC3C(=O)O)cc2)[C@H](c2cccc(Cl)c2F)[C@@]1(C#N)c1ccc(Cl)cc1F. The van der Waals surface area contributed by atoms with Crippen LogP contribution in [0.4, 0.5) is 14.5 Å². The summed E-state index contributed by atoms with van der Waals surface area (Å²) in [5, 5.41) is 23.9. The highest BCUT2D eigenvalue weighted by molar-refractivity contribution is 6.31. The van der Waals surface area contributed by atoms with Crippen LogP contribution in [0.2, 0.25) is 10.0 Å². The topological polar surface area (TPSA) is 93.4 Å². The number of hydrogen-bond acceptors (Lipinski definition) is 5. The highest BCUT2D eigenvalue weighted by atomic mass is 35.5. The van der Waals surface area contributed by atoms with E-state index in [9.17, 15) is 20.0 Å². The zero-order chi connectivity index (χ0) is 32.7. The van der Waals surface area contributed by atoms with Crippen LogP contribution < -0.4 is 10.2 Å². The summed E-state index contributed by atoms with van der Waals surface area (Å²) in [6.07, 6.45) is 1.66. The van der Waals surface area contributed by atoms with Gasteiger partial charge in [-0.1, -0.05) is 74.3 Å². The number of aliphatic carboxylic acids is 1. The molecule has 6 nitrogen and oxygen atoms in total. The van der Waals surface area contributed by atoms with Gasteiger partial charge in [-0.3, -0.25) is 4.79 Å². The van der Waals surface area contributed by atoms with Gasteiger partial charge in [-0.2, -0.15) is 5.26 Å². The third-order valence-corrected chi connectivity index (χ3v) is 9.51. The summed E-state index contributed by atoms with van der Waals surface area (Å²) >= 11 is 12.3. The molecule has 5 rings (SSSR count). The minimum absolute atomic E-state index is 0.0266. The summed E-state index contributed by atoms with van der Waals surface area (Å²) < 4.78 is 31.7. The molecule has 2 aliphatic heterocycles. The average Bonchev–Trinajstić information content (AvgIpc) is 3.58. The third kappa shape index (κ3) is 6.31. The van der Waals surface area contributed by atoms with Crippen molar-refractivity contribution in [3.05, 3.63) is 99.0 Å². The molecule has 2 saturated heterocycles. The monoisotopic (exact) mass is 653 g/mol. The lowest BCUT2D eigenvalue weighted by Crippen LogP contribution is -2.44. The molecule has 2 N–H and O–H groups in total. The molecule has 0 radical (unpaired) electrons. The number of nitrogens with one attached hydrogen (secondary N) is 1. The fourth-order valence-corrected chi connectivity index (χ4v) is 7.40. The van der Waals surface area contributed by atoms with Crippen molar-refractivity contribution < 1.29 is 23.5 Å². The summed E-state index contributed by atoms with van der Waals surface area (Å²) in [6, 6.07) is 15.6. The lowest BCUT2D eigenvalue weighted by molar-refractivity contribution is -0.138. The maximum absolute atomic E-state index is 15.9. The number of nitriles is 1. The van der Waals surface area contributed by atoms with E-state index in [-0.39, 0.29) is 38.8 Å².